The molecule has 0 amide bonds. The van der Waals surface area contributed by atoms with Gasteiger partial charge in [0.1, 0.15) is 18.4 Å². The Labute approximate surface area is 77.9 Å². The van der Waals surface area contributed by atoms with Gasteiger partial charge in [0.2, 0.25) is 0 Å². The van der Waals surface area contributed by atoms with E-state index in [0.29, 0.717) is 6.54 Å². The van der Waals surface area contributed by atoms with Crippen molar-refractivity contribution in [3.8, 4) is 0 Å². The number of nitrogens with two attached hydrogens (primary N) is 1. The number of aliphatic hydroxyl groups excluding tert-OH is 2. The van der Waals surface area contributed by atoms with E-state index in [2.05, 4.69) is 5.32 Å². The molecule has 1 heterocycles. The van der Waals surface area contributed by atoms with Crippen molar-refractivity contribution in [2.45, 2.75) is 44.4 Å². The number of hydrogen-bond donors (Lipinski definition) is 4. The normalized spacial score (nSPS) is 46.4. The zero-order chi connectivity index (χ0) is 10.0. The van der Waals surface area contributed by atoms with Gasteiger partial charge in [-0.3, -0.25) is 0 Å². The van der Waals surface area contributed by atoms with Crippen LogP contribution in [-0.4, -0.2) is 47.3 Å². The van der Waals surface area contributed by atoms with Gasteiger partial charge < -0.3 is 26.0 Å². The smallest absolute Gasteiger partial charge is 0.124 e. The fourth-order valence-corrected chi connectivity index (χ4v) is 1.57. The summed E-state index contributed by atoms with van der Waals surface area (Å²) in [7, 11) is 0. The Balaban J connectivity index is 2.61. The zero-order valence-electron chi connectivity index (χ0n) is 7.97. The summed E-state index contributed by atoms with van der Waals surface area (Å²) < 4.78 is 5.24. The molecular formula is C8H18N2O3. The van der Waals surface area contributed by atoms with Crippen molar-refractivity contribution in [1.29, 1.82) is 0 Å². The summed E-state index contributed by atoms with van der Waals surface area (Å²) in [4.78, 5) is 0. The first-order valence-corrected chi connectivity index (χ1v) is 4.58. The maximum atomic E-state index is 9.64. The van der Waals surface area contributed by atoms with Crippen LogP contribution in [0.25, 0.3) is 0 Å². The lowest BCUT2D eigenvalue weighted by Gasteiger charge is -2.40. The highest BCUT2D eigenvalue weighted by molar-refractivity contribution is 4.92. The first kappa shape index (κ1) is 10.9. The highest BCUT2D eigenvalue weighted by Gasteiger charge is 2.40. The summed E-state index contributed by atoms with van der Waals surface area (Å²) in [6.07, 6.45) is -2.71. The molecule has 0 aromatic rings. The molecule has 0 saturated carbocycles. The molecule has 5 nitrogen and oxygen atoms in total. The van der Waals surface area contributed by atoms with Gasteiger partial charge in [0.15, 0.2) is 0 Å². The molecule has 1 fully saturated rings. The van der Waals surface area contributed by atoms with Crippen LogP contribution in [0.5, 0.6) is 0 Å². The molecule has 1 aliphatic heterocycles. The van der Waals surface area contributed by atoms with Crippen molar-refractivity contribution in [2.24, 2.45) is 5.73 Å². The fourth-order valence-electron chi connectivity index (χ4n) is 1.57. The van der Waals surface area contributed by atoms with Crippen molar-refractivity contribution < 1.29 is 14.9 Å². The monoisotopic (exact) mass is 190 g/mol. The molecular weight excluding hydrogens is 172 g/mol. The molecule has 1 rings (SSSR count). The zero-order valence-corrected chi connectivity index (χ0v) is 7.97. The number of ether oxygens (including phenoxy) is 1. The quantitative estimate of drug-likeness (QED) is 0.421. The highest BCUT2D eigenvalue weighted by atomic mass is 16.5. The second-order valence-corrected chi connectivity index (χ2v) is 3.37. The van der Waals surface area contributed by atoms with Gasteiger partial charge in [-0.15, -0.1) is 0 Å². The Kier molecular flexibility index (Phi) is 3.63. The molecule has 13 heavy (non-hydrogen) atoms. The number of aliphatic hydroxyl groups is 2. The van der Waals surface area contributed by atoms with E-state index in [4.69, 9.17) is 10.5 Å². The van der Waals surface area contributed by atoms with Crippen molar-refractivity contribution in [2.75, 3.05) is 6.54 Å². The lowest BCUT2D eigenvalue weighted by Crippen LogP contribution is -2.64. The second kappa shape index (κ2) is 4.34. The van der Waals surface area contributed by atoms with E-state index in [1.165, 1.54) is 0 Å². The predicted molar refractivity (Wildman–Crippen MR) is 48.0 cm³/mol. The van der Waals surface area contributed by atoms with Crippen LogP contribution < -0.4 is 11.1 Å². The van der Waals surface area contributed by atoms with E-state index in [0.717, 1.165) is 0 Å². The third-order valence-electron chi connectivity index (χ3n) is 2.36. The highest BCUT2D eigenvalue weighted by Crippen LogP contribution is 2.17. The van der Waals surface area contributed by atoms with E-state index in [9.17, 15) is 10.2 Å². The van der Waals surface area contributed by atoms with Gasteiger partial charge in [-0.1, -0.05) is 6.92 Å². The van der Waals surface area contributed by atoms with Crippen LogP contribution in [0.15, 0.2) is 0 Å². The standard InChI is InChI=1S/C8H18N2O3/c1-3-10-5-7(12)6(11)4(2)13-8(5)9/h4-8,10-12H,3,9H2,1-2H3/t4-,5-,6-,7-,8+/m1/s1. The Bertz CT molecular complexity index is 167. The van der Waals surface area contributed by atoms with Crippen molar-refractivity contribution >= 4 is 0 Å². The molecule has 5 heteroatoms. The first-order valence-electron chi connectivity index (χ1n) is 4.58. The van der Waals surface area contributed by atoms with E-state index < -0.39 is 30.6 Å². The van der Waals surface area contributed by atoms with Crippen LogP contribution in [-0.2, 0) is 4.74 Å². The van der Waals surface area contributed by atoms with E-state index in [1.54, 1.807) is 6.92 Å². The average Bonchev–Trinajstić information content (AvgIpc) is 2.09. The maximum Gasteiger partial charge on any atom is 0.124 e. The number of rotatable bonds is 2. The Morgan fingerprint density at radius 2 is 2.00 bits per heavy atom. The molecule has 1 aliphatic rings. The molecule has 0 radical (unpaired) electrons. The predicted octanol–water partition coefficient (Wildman–Crippen LogP) is -1.61. The van der Waals surface area contributed by atoms with E-state index in [-0.39, 0.29) is 0 Å². The lowest BCUT2D eigenvalue weighted by molar-refractivity contribution is -0.176. The summed E-state index contributed by atoms with van der Waals surface area (Å²) in [5.41, 5.74) is 5.65. The number of hydrogen-bond acceptors (Lipinski definition) is 5. The summed E-state index contributed by atoms with van der Waals surface area (Å²) >= 11 is 0. The maximum absolute atomic E-state index is 9.64. The molecule has 5 N–H and O–H groups in total. The van der Waals surface area contributed by atoms with Gasteiger partial charge in [0.05, 0.1) is 12.1 Å². The molecule has 0 spiro atoms. The third-order valence-corrected chi connectivity index (χ3v) is 2.36. The Morgan fingerprint density at radius 3 is 2.54 bits per heavy atom. The molecule has 78 valence electrons. The summed E-state index contributed by atoms with van der Waals surface area (Å²) in [6, 6.07) is -0.392. The van der Waals surface area contributed by atoms with Crippen LogP contribution in [0.4, 0.5) is 0 Å². The number of nitrogens with one attached hydrogen (secondary N) is 1. The Hall–Kier alpha value is -0.200. The van der Waals surface area contributed by atoms with Gasteiger partial charge in [0.25, 0.3) is 0 Å². The summed E-state index contributed by atoms with van der Waals surface area (Å²) in [6.45, 7) is 4.28. The molecule has 5 atom stereocenters. The molecule has 0 unspecified atom stereocenters. The van der Waals surface area contributed by atoms with Crippen molar-refractivity contribution in [3.05, 3.63) is 0 Å². The largest absolute Gasteiger partial charge is 0.389 e. The van der Waals surface area contributed by atoms with Crippen LogP contribution in [0, 0.1) is 0 Å². The van der Waals surface area contributed by atoms with E-state index >= 15 is 0 Å². The SMILES string of the molecule is CCN[C@@H]1[C@@H](O)[C@H](O)[C@@H](C)O[C@@H]1N. The minimum Gasteiger partial charge on any atom is -0.389 e. The Morgan fingerprint density at radius 1 is 1.38 bits per heavy atom. The van der Waals surface area contributed by atoms with Gasteiger partial charge in [0, 0.05) is 0 Å². The van der Waals surface area contributed by atoms with Crippen molar-refractivity contribution in [1.82, 2.24) is 5.32 Å². The van der Waals surface area contributed by atoms with Crippen LogP contribution in [0.1, 0.15) is 13.8 Å². The van der Waals surface area contributed by atoms with Gasteiger partial charge in [-0.2, -0.15) is 0 Å². The van der Waals surface area contributed by atoms with E-state index in [1.807, 2.05) is 6.92 Å². The fraction of sp³-hybridized carbons (Fsp3) is 1.00. The molecule has 1 saturated heterocycles. The summed E-state index contributed by atoms with van der Waals surface area (Å²) in [5, 5.41) is 22.1. The molecule has 0 aromatic carbocycles. The molecule has 0 aromatic heterocycles. The number of likely N-dealkylation sites (N-methyl/N-ethyl adjacent to an activating group) is 1. The summed E-state index contributed by atoms with van der Waals surface area (Å²) in [5.74, 6) is 0. The topological polar surface area (TPSA) is 87.7 Å². The van der Waals surface area contributed by atoms with Crippen LogP contribution in [0.3, 0.4) is 0 Å². The minimum absolute atomic E-state index is 0.392. The average molecular weight is 190 g/mol. The van der Waals surface area contributed by atoms with Gasteiger partial charge in [-0.05, 0) is 13.5 Å². The van der Waals surface area contributed by atoms with Crippen molar-refractivity contribution in [3.63, 3.8) is 0 Å². The first-order chi connectivity index (χ1) is 6.07. The van der Waals surface area contributed by atoms with Gasteiger partial charge in [-0.25, -0.2) is 0 Å². The lowest BCUT2D eigenvalue weighted by atomic mass is 9.97. The molecule has 0 bridgehead atoms. The molecule has 0 aliphatic carbocycles. The second-order valence-electron chi connectivity index (χ2n) is 3.37. The minimum atomic E-state index is -0.871. The van der Waals surface area contributed by atoms with Gasteiger partial charge >= 0.3 is 0 Å². The van der Waals surface area contributed by atoms with Crippen LogP contribution in [0.2, 0.25) is 0 Å². The third kappa shape index (κ3) is 2.18. The van der Waals surface area contributed by atoms with Crippen LogP contribution >= 0.6 is 0 Å².